The number of ketones is 1. The van der Waals surface area contributed by atoms with Gasteiger partial charge in [0, 0.05) is 13.0 Å². The van der Waals surface area contributed by atoms with Crippen molar-refractivity contribution in [2.24, 2.45) is 11.8 Å². The van der Waals surface area contributed by atoms with E-state index in [4.69, 9.17) is 4.74 Å². The van der Waals surface area contributed by atoms with Gasteiger partial charge < -0.3 is 14.7 Å². The highest BCUT2D eigenvalue weighted by Crippen LogP contribution is 2.39. The lowest BCUT2D eigenvalue weighted by atomic mass is 9.92. The summed E-state index contributed by atoms with van der Waals surface area (Å²) in [5.41, 5.74) is 1.03. The van der Waals surface area contributed by atoms with Gasteiger partial charge in [0.15, 0.2) is 11.5 Å². The highest BCUT2D eigenvalue weighted by molar-refractivity contribution is 6.09. The van der Waals surface area contributed by atoms with Gasteiger partial charge in [-0.25, -0.2) is 0 Å². The molecule has 0 radical (unpaired) electrons. The van der Waals surface area contributed by atoms with E-state index in [1.165, 1.54) is 0 Å². The molecule has 5 nitrogen and oxygen atoms in total. The number of aliphatic hydroxyl groups excluding tert-OH is 1. The third-order valence-corrected chi connectivity index (χ3v) is 4.44. The molecule has 1 heterocycles. The summed E-state index contributed by atoms with van der Waals surface area (Å²) in [6.07, 6.45) is 1.05. The van der Waals surface area contributed by atoms with Crippen molar-refractivity contribution < 1.29 is 19.4 Å². The van der Waals surface area contributed by atoms with Crippen molar-refractivity contribution in [1.29, 1.82) is 0 Å². The van der Waals surface area contributed by atoms with Crippen LogP contribution >= 0.6 is 0 Å². The summed E-state index contributed by atoms with van der Waals surface area (Å²) in [5, 5.41) is 10.4. The largest absolute Gasteiger partial charge is 0.503 e. The molecule has 1 atom stereocenters. The first-order valence-corrected chi connectivity index (χ1v) is 9.76. The molecule has 5 heteroatoms. The average molecular weight is 373 g/mol. The van der Waals surface area contributed by atoms with Crippen LogP contribution in [0.3, 0.4) is 0 Å². The smallest absolute Gasteiger partial charge is 0.290 e. The van der Waals surface area contributed by atoms with Crippen LogP contribution < -0.4 is 4.74 Å². The SMILES string of the molecule is CCCN1C(=O)C(O)=C(C(=O)CC(C)C)C1c1ccc(OCC(C)C)cc1. The molecule has 27 heavy (non-hydrogen) atoms. The molecule has 0 aromatic heterocycles. The maximum atomic E-state index is 12.8. The molecule has 1 aromatic rings. The molecule has 2 rings (SSSR count). The molecule has 1 aromatic carbocycles. The Balaban J connectivity index is 2.35. The maximum Gasteiger partial charge on any atom is 0.290 e. The first-order chi connectivity index (χ1) is 12.8. The second kappa shape index (κ2) is 9.07. The van der Waals surface area contributed by atoms with E-state index in [9.17, 15) is 14.7 Å². The highest BCUT2D eigenvalue weighted by Gasteiger charge is 2.42. The fourth-order valence-corrected chi connectivity index (χ4v) is 3.25. The van der Waals surface area contributed by atoms with Crippen LogP contribution in [0.25, 0.3) is 0 Å². The molecular formula is C22H31NO4. The Morgan fingerprint density at radius 1 is 1.15 bits per heavy atom. The average Bonchev–Trinajstić information content (AvgIpc) is 2.85. The number of benzene rings is 1. The van der Waals surface area contributed by atoms with Gasteiger partial charge >= 0.3 is 0 Å². The van der Waals surface area contributed by atoms with Crippen molar-refractivity contribution in [3.8, 4) is 5.75 Å². The Hall–Kier alpha value is -2.30. The van der Waals surface area contributed by atoms with Gasteiger partial charge in [-0.05, 0) is 36.0 Å². The van der Waals surface area contributed by atoms with E-state index in [1.54, 1.807) is 4.90 Å². The van der Waals surface area contributed by atoms with Crippen molar-refractivity contribution in [2.45, 2.75) is 53.5 Å². The van der Waals surface area contributed by atoms with E-state index >= 15 is 0 Å². The Labute approximate surface area is 162 Å². The number of hydrogen-bond donors (Lipinski definition) is 1. The Morgan fingerprint density at radius 3 is 2.30 bits per heavy atom. The lowest BCUT2D eigenvalue weighted by Gasteiger charge is -2.26. The van der Waals surface area contributed by atoms with Gasteiger partial charge in [-0.3, -0.25) is 9.59 Å². The van der Waals surface area contributed by atoms with Crippen molar-refractivity contribution in [2.75, 3.05) is 13.2 Å². The summed E-state index contributed by atoms with van der Waals surface area (Å²) in [4.78, 5) is 26.9. The normalized spacial score (nSPS) is 17.4. The predicted molar refractivity (Wildman–Crippen MR) is 106 cm³/mol. The number of ether oxygens (including phenoxy) is 1. The van der Waals surface area contributed by atoms with Crippen LogP contribution in [0, 0.1) is 11.8 Å². The molecule has 0 fully saturated rings. The minimum absolute atomic E-state index is 0.153. The van der Waals surface area contributed by atoms with Gasteiger partial charge in [0.2, 0.25) is 0 Å². The van der Waals surface area contributed by atoms with Gasteiger partial charge in [0.1, 0.15) is 5.75 Å². The highest BCUT2D eigenvalue weighted by atomic mass is 16.5. The van der Waals surface area contributed by atoms with Gasteiger partial charge in [-0.15, -0.1) is 0 Å². The van der Waals surface area contributed by atoms with E-state index in [0.717, 1.165) is 17.7 Å². The van der Waals surface area contributed by atoms with Crippen molar-refractivity contribution in [1.82, 2.24) is 4.90 Å². The fraction of sp³-hybridized carbons (Fsp3) is 0.545. The molecule has 0 aliphatic carbocycles. The van der Waals surface area contributed by atoms with Gasteiger partial charge in [-0.1, -0.05) is 46.8 Å². The number of amides is 1. The molecule has 0 saturated carbocycles. The van der Waals surface area contributed by atoms with Crippen LogP contribution in [-0.4, -0.2) is 34.8 Å². The van der Waals surface area contributed by atoms with Gasteiger partial charge in [0.05, 0.1) is 18.2 Å². The maximum absolute atomic E-state index is 12.8. The van der Waals surface area contributed by atoms with Crippen LogP contribution in [0.1, 0.15) is 59.1 Å². The van der Waals surface area contributed by atoms with Crippen LogP contribution in [0.4, 0.5) is 0 Å². The quantitative estimate of drug-likeness (QED) is 0.695. The number of aliphatic hydroxyl groups is 1. The lowest BCUT2D eigenvalue weighted by Crippen LogP contribution is -2.31. The first kappa shape index (κ1) is 21.0. The lowest BCUT2D eigenvalue weighted by molar-refractivity contribution is -0.129. The van der Waals surface area contributed by atoms with Crippen molar-refractivity contribution in [3.63, 3.8) is 0 Å². The molecule has 148 valence electrons. The standard InChI is InChI=1S/C22H31NO4/c1-6-11-23-20(16-7-9-17(10-8-16)27-13-15(4)5)19(21(25)22(23)26)18(24)12-14(2)3/h7-10,14-15,20,25H,6,11-13H2,1-5H3. The Bertz CT molecular complexity index is 704. The molecule has 1 aliphatic heterocycles. The summed E-state index contributed by atoms with van der Waals surface area (Å²) < 4.78 is 5.72. The van der Waals surface area contributed by atoms with Gasteiger partial charge in [-0.2, -0.15) is 0 Å². The molecule has 0 bridgehead atoms. The fourth-order valence-electron chi connectivity index (χ4n) is 3.25. The predicted octanol–water partition coefficient (Wildman–Crippen LogP) is 4.44. The summed E-state index contributed by atoms with van der Waals surface area (Å²) in [7, 11) is 0. The second-order valence-electron chi connectivity index (χ2n) is 7.96. The number of rotatable bonds is 9. The molecule has 0 saturated heterocycles. The molecule has 1 aliphatic rings. The van der Waals surface area contributed by atoms with Crippen LogP contribution in [0.2, 0.25) is 0 Å². The van der Waals surface area contributed by atoms with E-state index in [0.29, 0.717) is 25.5 Å². The van der Waals surface area contributed by atoms with E-state index in [1.807, 2.05) is 45.0 Å². The first-order valence-electron chi connectivity index (χ1n) is 9.76. The summed E-state index contributed by atoms with van der Waals surface area (Å²) in [6.45, 7) is 11.2. The molecule has 0 spiro atoms. The number of hydrogen-bond acceptors (Lipinski definition) is 4. The third-order valence-electron chi connectivity index (χ3n) is 4.44. The Morgan fingerprint density at radius 2 is 1.78 bits per heavy atom. The van der Waals surface area contributed by atoms with E-state index < -0.39 is 17.7 Å². The monoisotopic (exact) mass is 373 g/mol. The third kappa shape index (κ3) is 4.90. The van der Waals surface area contributed by atoms with Crippen molar-refractivity contribution >= 4 is 11.7 Å². The van der Waals surface area contributed by atoms with E-state index in [2.05, 4.69) is 13.8 Å². The van der Waals surface area contributed by atoms with Crippen LogP contribution in [-0.2, 0) is 9.59 Å². The van der Waals surface area contributed by atoms with Crippen LogP contribution in [0.5, 0.6) is 5.75 Å². The minimum Gasteiger partial charge on any atom is -0.503 e. The Kier molecular flexibility index (Phi) is 7.05. The van der Waals surface area contributed by atoms with Gasteiger partial charge in [0.25, 0.3) is 5.91 Å². The number of carbonyl (C=O) groups excluding carboxylic acids is 2. The van der Waals surface area contributed by atoms with Crippen molar-refractivity contribution in [3.05, 3.63) is 41.2 Å². The molecular weight excluding hydrogens is 342 g/mol. The zero-order chi connectivity index (χ0) is 20.1. The molecule has 1 amide bonds. The molecule has 1 N–H and O–H groups in total. The molecule has 1 unspecified atom stereocenters. The zero-order valence-corrected chi connectivity index (χ0v) is 17.0. The number of nitrogens with zero attached hydrogens (tertiary/aromatic N) is 1. The minimum atomic E-state index is -0.539. The summed E-state index contributed by atoms with van der Waals surface area (Å²) in [5.74, 6) is 0.299. The number of carbonyl (C=O) groups is 2. The topological polar surface area (TPSA) is 66.8 Å². The number of Topliss-reactive ketones (excluding diaryl/α,β-unsaturated/α-hetero) is 1. The second-order valence-corrected chi connectivity index (χ2v) is 7.96. The van der Waals surface area contributed by atoms with E-state index in [-0.39, 0.29) is 17.3 Å². The van der Waals surface area contributed by atoms with Crippen LogP contribution in [0.15, 0.2) is 35.6 Å². The summed E-state index contributed by atoms with van der Waals surface area (Å²) in [6, 6.07) is 6.91. The summed E-state index contributed by atoms with van der Waals surface area (Å²) >= 11 is 0. The zero-order valence-electron chi connectivity index (χ0n) is 17.0.